The number of alkyl halides is 3. The summed E-state index contributed by atoms with van der Waals surface area (Å²) in [4.78, 5) is 11.9. The molecule has 2 N–H and O–H groups in total. The van der Waals surface area contributed by atoms with Gasteiger partial charge in [0.05, 0.1) is 12.5 Å². The van der Waals surface area contributed by atoms with Crippen LogP contribution in [0, 0.1) is 0 Å². The van der Waals surface area contributed by atoms with E-state index in [4.69, 9.17) is 0 Å². The Morgan fingerprint density at radius 3 is 2.08 bits per heavy atom. The Balaban J connectivity index is 2.00. The summed E-state index contributed by atoms with van der Waals surface area (Å²) in [7, 11) is 0. The summed E-state index contributed by atoms with van der Waals surface area (Å²) in [5.74, 6) is -0.843. The normalized spacial score (nSPS) is 14.0. The van der Waals surface area contributed by atoms with E-state index in [1.54, 1.807) is 60.7 Å². The Hall–Kier alpha value is -2.34. The number of hydrogen-bond donors (Lipinski definition) is 2. The Bertz CT molecular complexity index is 644. The van der Waals surface area contributed by atoms with Gasteiger partial charge in [0.2, 0.25) is 5.91 Å². The minimum Gasteiger partial charge on any atom is -0.388 e. The van der Waals surface area contributed by atoms with E-state index in [0.717, 1.165) is 0 Å². The van der Waals surface area contributed by atoms with Crippen LogP contribution < -0.4 is 5.32 Å². The highest BCUT2D eigenvalue weighted by molar-refractivity contribution is 5.77. The third kappa shape index (κ3) is 5.38. The molecule has 3 nitrogen and oxygen atoms in total. The third-order valence-corrected chi connectivity index (χ3v) is 3.58. The second-order valence-electron chi connectivity index (χ2n) is 5.48. The quantitative estimate of drug-likeness (QED) is 0.849. The molecule has 2 rings (SSSR count). The van der Waals surface area contributed by atoms with Crippen molar-refractivity contribution in [2.75, 3.05) is 0 Å². The SMILES string of the molecule is O=C(CC(O)c1ccccc1)NC(Cc1ccccc1)C(F)(F)F. The number of halogens is 3. The maximum atomic E-state index is 13.1. The van der Waals surface area contributed by atoms with Crippen LogP contribution in [0.25, 0.3) is 0 Å². The fraction of sp³-hybridized carbons (Fsp3) is 0.278. The summed E-state index contributed by atoms with van der Waals surface area (Å²) in [5, 5.41) is 11.9. The van der Waals surface area contributed by atoms with E-state index in [9.17, 15) is 23.1 Å². The van der Waals surface area contributed by atoms with E-state index < -0.39 is 30.7 Å². The average molecular weight is 337 g/mol. The molecule has 1 amide bonds. The highest BCUT2D eigenvalue weighted by atomic mass is 19.4. The third-order valence-electron chi connectivity index (χ3n) is 3.58. The number of benzene rings is 2. The maximum Gasteiger partial charge on any atom is 0.408 e. The lowest BCUT2D eigenvalue weighted by Crippen LogP contribution is -2.47. The molecule has 2 unspecified atom stereocenters. The first kappa shape index (κ1) is 18.0. The van der Waals surface area contributed by atoms with Crippen molar-refractivity contribution in [1.82, 2.24) is 5.32 Å². The van der Waals surface area contributed by atoms with E-state index >= 15 is 0 Å². The molecular weight excluding hydrogens is 319 g/mol. The lowest BCUT2D eigenvalue weighted by molar-refractivity contribution is -0.162. The lowest BCUT2D eigenvalue weighted by Gasteiger charge is -2.22. The molecule has 0 spiro atoms. The van der Waals surface area contributed by atoms with Crippen LogP contribution in [-0.4, -0.2) is 23.2 Å². The Kier molecular flexibility index (Phi) is 5.98. The molecule has 0 heterocycles. The lowest BCUT2D eigenvalue weighted by atomic mass is 10.0. The van der Waals surface area contributed by atoms with Gasteiger partial charge in [0, 0.05) is 6.42 Å². The van der Waals surface area contributed by atoms with Gasteiger partial charge < -0.3 is 10.4 Å². The van der Waals surface area contributed by atoms with E-state index in [1.807, 2.05) is 5.32 Å². The van der Waals surface area contributed by atoms with Gasteiger partial charge in [-0.15, -0.1) is 0 Å². The second kappa shape index (κ2) is 7.97. The first-order valence-electron chi connectivity index (χ1n) is 7.49. The summed E-state index contributed by atoms with van der Waals surface area (Å²) < 4.78 is 39.4. The number of hydrogen-bond acceptors (Lipinski definition) is 2. The van der Waals surface area contributed by atoms with Gasteiger partial charge in [-0.3, -0.25) is 4.79 Å². The van der Waals surface area contributed by atoms with Gasteiger partial charge in [-0.1, -0.05) is 60.7 Å². The summed E-state index contributed by atoms with van der Waals surface area (Å²) in [6, 6.07) is 14.5. The molecule has 0 bridgehead atoms. The van der Waals surface area contributed by atoms with Gasteiger partial charge in [0.25, 0.3) is 0 Å². The highest BCUT2D eigenvalue weighted by Crippen LogP contribution is 2.24. The van der Waals surface area contributed by atoms with Gasteiger partial charge in [-0.2, -0.15) is 13.2 Å². The topological polar surface area (TPSA) is 49.3 Å². The fourth-order valence-corrected chi connectivity index (χ4v) is 2.32. The van der Waals surface area contributed by atoms with Crippen molar-refractivity contribution in [1.29, 1.82) is 0 Å². The van der Waals surface area contributed by atoms with Crippen molar-refractivity contribution < 1.29 is 23.1 Å². The van der Waals surface area contributed by atoms with Crippen LogP contribution in [0.15, 0.2) is 60.7 Å². The summed E-state index contributed by atoms with van der Waals surface area (Å²) in [6.07, 6.45) is -6.48. The molecular formula is C18H18F3NO2. The van der Waals surface area contributed by atoms with Crippen LogP contribution in [-0.2, 0) is 11.2 Å². The molecule has 2 aromatic carbocycles. The van der Waals surface area contributed by atoms with Crippen LogP contribution in [0.1, 0.15) is 23.7 Å². The number of nitrogens with one attached hydrogen (secondary N) is 1. The van der Waals surface area contributed by atoms with E-state index in [2.05, 4.69) is 0 Å². The molecule has 0 aliphatic heterocycles. The van der Waals surface area contributed by atoms with Gasteiger partial charge in [0.1, 0.15) is 6.04 Å². The first-order chi connectivity index (χ1) is 11.4. The Morgan fingerprint density at radius 2 is 1.54 bits per heavy atom. The zero-order chi connectivity index (χ0) is 17.6. The van der Waals surface area contributed by atoms with E-state index in [-0.39, 0.29) is 6.42 Å². The standard InChI is InChI=1S/C18H18F3NO2/c19-18(20,21)16(11-13-7-3-1-4-8-13)22-17(24)12-15(23)14-9-5-2-6-10-14/h1-10,15-16,23H,11-12H2,(H,22,24). The predicted molar refractivity (Wildman–Crippen MR) is 84.2 cm³/mol. The van der Waals surface area contributed by atoms with E-state index in [0.29, 0.717) is 11.1 Å². The smallest absolute Gasteiger partial charge is 0.388 e. The summed E-state index contributed by atoms with van der Waals surface area (Å²) in [6.45, 7) is 0. The van der Waals surface area contributed by atoms with Crippen LogP contribution in [0.4, 0.5) is 13.2 Å². The van der Waals surface area contributed by atoms with Crippen LogP contribution in [0.2, 0.25) is 0 Å². The zero-order valence-electron chi connectivity index (χ0n) is 12.8. The average Bonchev–Trinajstić information content (AvgIpc) is 2.55. The predicted octanol–water partition coefficient (Wildman–Crippen LogP) is 3.40. The Labute approximate surface area is 138 Å². The van der Waals surface area contributed by atoms with Crippen LogP contribution in [0.5, 0.6) is 0 Å². The first-order valence-corrected chi connectivity index (χ1v) is 7.49. The molecule has 128 valence electrons. The maximum absolute atomic E-state index is 13.1. The highest BCUT2D eigenvalue weighted by Gasteiger charge is 2.40. The van der Waals surface area contributed by atoms with Crippen LogP contribution >= 0.6 is 0 Å². The monoisotopic (exact) mass is 337 g/mol. The Morgan fingerprint density at radius 1 is 1.00 bits per heavy atom. The van der Waals surface area contributed by atoms with Gasteiger partial charge in [-0.25, -0.2) is 0 Å². The van der Waals surface area contributed by atoms with E-state index in [1.165, 1.54) is 0 Å². The molecule has 0 saturated carbocycles. The van der Waals surface area contributed by atoms with Gasteiger partial charge in [-0.05, 0) is 11.1 Å². The van der Waals surface area contributed by atoms with Crippen LogP contribution in [0.3, 0.4) is 0 Å². The molecule has 0 aliphatic rings. The fourth-order valence-electron chi connectivity index (χ4n) is 2.32. The molecule has 24 heavy (non-hydrogen) atoms. The number of carbonyl (C=O) groups excluding carboxylic acids is 1. The van der Waals surface area contributed by atoms with Crippen molar-refractivity contribution in [2.45, 2.75) is 31.2 Å². The van der Waals surface area contributed by atoms with Crippen molar-refractivity contribution in [3.63, 3.8) is 0 Å². The molecule has 0 fully saturated rings. The molecule has 2 aromatic rings. The van der Waals surface area contributed by atoms with Crippen molar-refractivity contribution >= 4 is 5.91 Å². The largest absolute Gasteiger partial charge is 0.408 e. The number of rotatable bonds is 6. The summed E-state index contributed by atoms with van der Waals surface area (Å²) in [5.41, 5.74) is 0.961. The van der Waals surface area contributed by atoms with Gasteiger partial charge in [0.15, 0.2) is 0 Å². The molecule has 0 radical (unpaired) electrons. The molecule has 2 atom stereocenters. The minimum absolute atomic E-state index is 0.350. The molecule has 0 saturated heterocycles. The van der Waals surface area contributed by atoms with Crippen molar-refractivity contribution in [3.8, 4) is 0 Å². The zero-order valence-corrected chi connectivity index (χ0v) is 12.8. The molecule has 0 aliphatic carbocycles. The number of amides is 1. The van der Waals surface area contributed by atoms with Gasteiger partial charge >= 0.3 is 6.18 Å². The summed E-state index contributed by atoms with van der Waals surface area (Å²) >= 11 is 0. The van der Waals surface area contributed by atoms with Crippen molar-refractivity contribution in [3.05, 3.63) is 71.8 Å². The van der Waals surface area contributed by atoms with Crippen molar-refractivity contribution in [2.24, 2.45) is 0 Å². The number of carbonyl (C=O) groups is 1. The number of aliphatic hydroxyl groups excluding tert-OH is 1. The molecule has 6 heteroatoms. The minimum atomic E-state index is -4.57. The molecule has 0 aromatic heterocycles. The number of aliphatic hydroxyl groups is 1. The second-order valence-corrected chi connectivity index (χ2v) is 5.48.